The van der Waals surface area contributed by atoms with Gasteiger partial charge >= 0.3 is 6.61 Å². The first-order valence-electron chi connectivity index (χ1n) is 9.04. The van der Waals surface area contributed by atoms with E-state index < -0.39 is 34.1 Å². The number of carbonyl (C=O) groups is 1. The Hall–Kier alpha value is -3.28. The molecule has 1 heterocycles. The number of ether oxygens (including phenoxy) is 1. The summed E-state index contributed by atoms with van der Waals surface area (Å²) in [6.07, 6.45) is 0.930. The highest BCUT2D eigenvalue weighted by atomic mass is 32.2. The normalized spacial score (nSPS) is 11.7. The van der Waals surface area contributed by atoms with Crippen LogP contribution in [-0.2, 0) is 10.0 Å². The van der Waals surface area contributed by atoms with Gasteiger partial charge in [0.1, 0.15) is 11.5 Å². The van der Waals surface area contributed by atoms with Crippen LogP contribution in [0.4, 0.5) is 18.9 Å². The van der Waals surface area contributed by atoms with Gasteiger partial charge in [0.05, 0.1) is 23.1 Å². The molecule has 0 aliphatic carbocycles. The predicted octanol–water partition coefficient (Wildman–Crippen LogP) is 2.91. The zero-order valence-corrected chi connectivity index (χ0v) is 17.6. The van der Waals surface area contributed by atoms with E-state index in [1.54, 1.807) is 0 Å². The van der Waals surface area contributed by atoms with Crippen LogP contribution in [-0.4, -0.2) is 50.6 Å². The van der Waals surface area contributed by atoms with Crippen molar-refractivity contribution in [3.05, 3.63) is 47.9 Å². The molecule has 12 heteroatoms. The number of sulfonamides is 1. The number of rotatable bonds is 7. The quantitative estimate of drug-likeness (QED) is 0.590. The monoisotopic (exact) mass is 456 g/mol. The number of hydrogen-bond acceptors (Lipinski definition) is 5. The maximum Gasteiger partial charge on any atom is 0.387 e. The summed E-state index contributed by atoms with van der Waals surface area (Å²) in [4.78, 5) is 12.6. The number of nitrogens with one attached hydrogen (secondary N) is 1. The van der Waals surface area contributed by atoms with Gasteiger partial charge in [0, 0.05) is 19.0 Å². The predicted molar refractivity (Wildman–Crippen MR) is 109 cm³/mol. The first kappa shape index (κ1) is 22.4. The minimum absolute atomic E-state index is 0.0165. The maximum absolute atomic E-state index is 13.3. The number of aromatic nitrogens is 2. The number of halogens is 3. The molecule has 0 fully saturated rings. The molecule has 1 N–H and O–H groups in total. The number of alkyl halides is 2. The molecule has 8 nitrogen and oxygen atoms in total. The fraction of sp³-hybridized carbons (Fsp3) is 0.263. The Kier molecular flexibility index (Phi) is 6.11. The molecule has 2 aromatic carbocycles. The largest absolute Gasteiger partial charge is 0.433 e. The van der Waals surface area contributed by atoms with E-state index in [9.17, 15) is 26.4 Å². The summed E-state index contributed by atoms with van der Waals surface area (Å²) < 4.78 is 70.5. The molecule has 3 rings (SSSR count). The van der Waals surface area contributed by atoms with E-state index in [1.807, 2.05) is 0 Å². The van der Waals surface area contributed by atoms with Crippen molar-refractivity contribution in [1.29, 1.82) is 0 Å². The van der Waals surface area contributed by atoms with E-state index in [4.69, 9.17) is 0 Å². The van der Waals surface area contributed by atoms with Gasteiger partial charge < -0.3 is 10.1 Å². The van der Waals surface area contributed by atoms with E-state index in [1.165, 1.54) is 49.0 Å². The van der Waals surface area contributed by atoms with Crippen LogP contribution in [0.1, 0.15) is 17.4 Å². The molecule has 0 saturated heterocycles. The van der Waals surface area contributed by atoms with E-state index in [-0.39, 0.29) is 28.8 Å². The average Bonchev–Trinajstić information content (AvgIpc) is 3.05. The summed E-state index contributed by atoms with van der Waals surface area (Å²) in [6, 6.07) is 7.52. The number of anilines is 1. The van der Waals surface area contributed by atoms with Crippen LogP contribution in [0.3, 0.4) is 0 Å². The fourth-order valence-corrected chi connectivity index (χ4v) is 4.15. The van der Waals surface area contributed by atoms with Gasteiger partial charge in [-0.2, -0.15) is 13.9 Å². The third-order valence-corrected chi connectivity index (χ3v) is 5.69. The van der Waals surface area contributed by atoms with Crippen molar-refractivity contribution in [2.75, 3.05) is 24.2 Å². The zero-order chi connectivity index (χ0) is 22.9. The van der Waals surface area contributed by atoms with Gasteiger partial charge in [0.25, 0.3) is 5.91 Å². The molecule has 31 heavy (non-hydrogen) atoms. The van der Waals surface area contributed by atoms with E-state index in [0.717, 1.165) is 16.6 Å². The second-order valence-corrected chi connectivity index (χ2v) is 8.37. The van der Waals surface area contributed by atoms with Crippen LogP contribution >= 0.6 is 0 Å². The second kappa shape index (κ2) is 8.46. The molecular weight excluding hydrogens is 437 g/mol. The lowest BCUT2D eigenvalue weighted by Crippen LogP contribution is -2.30. The summed E-state index contributed by atoms with van der Waals surface area (Å²) >= 11 is 0. The Balaban J connectivity index is 2.36. The van der Waals surface area contributed by atoms with Crippen molar-refractivity contribution in [3.8, 4) is 11.4 Å². The highest BCUT2D eigenvalue weighted by Gasteiger charge is 2.26. The summed E-state index contributed by atoms with van der Waals surface area (Å²) in [7, 11) is -2.44. The number of benzene rings is 2. The van der Waals surface area contributed by atoms with Gasteiger partial charge in [-0.1, -0.05) is 0 Å². The van der Waals surface area contributed by atoms with Gasteiger partial charge in [-0.25, -0.2) is 17.5 Å². The number of hydrogen-bond donors (Lipinski definition) is 1. The van der Waals surface area contributed by atoms with Crippen LogP contribution in [0.15, 0.2) is 36.4 Å². The van der Waals surface area contributed by atoms with Gasteiger partial charge in [0.15, 0.2) is 5.75 Å². The molecule has 0 aliphatic heterocycles. The third-order valence-electron chi connectivity index (χ3n) is 4.44. The van der Waals surface area contributed by atoms with E-state index >= 15 is 0 Å². The van der Waals surface area contributed by atoms with Crippen LogP contribution in [0.2, 0.25) is 0 Å². The van der Waals surface area contributed by atoms with E-state index in [2.05, 4.69) is 15.2 Å². The van der Waals surface area contributed by atoms with Crippen molar-refractivity contribution < 1.29 is 31.1 Å². The van der Waals surface area contributed by atoms with Crippen molar-refractivity contribution >= 4 is 32.5 Å². The van der Waals surface area contributed by atoms with Crippen molar-refractivity contribution in [2.45, 2.75) is 13.5 Å². The lowest BCUT2D eigenvalue weighted by molar-refractivity contribution is -0.0493. The van der Waals surface area contributed by atoms with Crippen LogP contribution in [0.25, 0.3) is 16.6 Å². The number of amides is 1. The second-order valence-electron chi connectivity index (χ2n) is 6.46. The molecule has 0 spiro atoms. The average molecular weight is 456 g/mol. The smallest absolute Gasteiger partial charge is 0.387 e. The summed E-state index contributed by atoms with van der Waals surface area (Å²) in [5.41, 5.74) is 0.327. The van der Waals surface area contributed by atoms with Crippen LogP contribution < -0.4 is 14.4 Å². The zero-order valence-electron chi connectivity index (χ0n) is 16.8. The van der Waals surface area contributed by atoms with Crippen molar-refractivity contribution in [3.63, 3.8) is 0 Å². The molecule has 0 atom stereocenters. The molecule has 0 bridgehead atoms. The number of nitrogens with zero attached hydrogens (tertiary/aromatic N) is 3. The van der Waals surface area contributed by atoms with E-state index in [0.29, 0.717) is 5.69 Å². The third kappa shape index (κ3) is 4.43. The molecule has 0 radical (unpaired) electrons. The first-order valence-corrected chi connectivity index (χ1v) is 10.9. The van der Waals surface area contributed by atoms with Gasteiger partial charge in [0.2, 0.25) is 10.0 Å². The van der Waals surface area contributed by atoms with Gasteiger partial charge in [-0.15, -0.1) is 0 Å². The Morgan fingerprint density at radius 2 is 1.90 bits per heavy atom. The van der Waals surface area contributed by atoms with Crippen molar-refractivity contribution in [1.82, 2.24) is 15.1 Å². The summed E-state index contributed by atoms with van der Waals surface area (Å²) in [5, 5.41) is 6.92. The molecule has 0 saturated carbocycles. The lowest BCUT2D eigenvalue weighted by atomic mass is 10.1. The standard InChI is InChI=1S/C19H19F3N4O4S/c1-4-25(31(3,28)29)15-10-14-13(9-16(15)30-19(21)22)17(18(27)23-2)26(24-14)12-7-5-11(20)6-8-12/h5-10,19H,4H2,1-3H3,(H,23,27). The number of carbonyl (C=O) groups excluding carboxylic acids is 1. The Morgan fingerprint density at radius 1 is 1.26 bits per heavy atom. The minimum Gasteiger partial charge on any atom is -0.433 e. The Bertz CT molecular complexity index is 1230. The highest BCUT2D eigenvalue weighted by molar-refractivity contribution is 7.92. The molecule has 1 aromatic heterocycles. The lowest BCUT2D eigenvalue weighted by Gasteiger charge is -2.23. The fourth-order valence-electron chi connectivity index (χ4n) is 3.18. The Morgan fingerprint density at radius 3 is 2.42 bits per heavy atom. The SMILES string of the molecule is CCN(c1cc2nn(-c3ccc(F)cc3)c(C(=O)NC)c2cc1OC(F)F)S(C)(=O)=O. The van der Waals surface area contributed by atoms with Crippen LogP contribution in [0, 0.1) is 5.82 Å². The molecule has 166 valence electrons. The van der Waals surface area contributed by atoms with Gasteiger partial charge in [-0.3, -0.25) is 9.10 Å². The molecular formula is C19H19F3N4O4S. The summed E-state index contributed by atoms with van der Waals surface area (Å²) in [6.45, 7) is -1.75. The first-order chi connectivity index (χ1) is 14.6. The number of fused-ring (bicyclic) bond motifs is 1. The highest BCUT2D eigenvalue weighted by Crippen LogP contribution is 2.37. The Labute approximate surface area is 176 Å². The van der Waals surface area contributed by atoms with Crippen molar-refractivity contribution in [2.24, 2.45) is 0 Å². The maximum atomic E-state index is 13.3. The van der Waals surface area contributed by atoms with Crippen LogP contribution in [0.5, 0.6) is 5.75 Å². The molecule has 0 unspecified atom stereocenters. The molecule has 3 aromatic rings. The molecule has 0 aliphatic rings. The summed E-state index contributed by atoms with van der Waals surface area (Å²) in [5.74, 6) is -1.51. The molecule has 1 amide bonds. The topological polar surface area (TPSA) is 93.5 Å². The van der Waals surface area contributed by atoms with Gasteiger partial charge in [-0.05, 0) is 43.3 Å². The minimum atomic E-state index is -3.82.